The van der Waals surface area contributed by atoms with Gasteiger partial charge in [0.25, 0.3) is 11.8 Å². The molecule has 1 saturated heterocycles. The molecule has 2 aromatic carbocycles. The van der Waals surface area contributed by atoms with Crippen LogP contribution in [0, 0.1) is 0 Å². The highest BCUT2D eigenvalue weighted by Crippen LogP contribution is 2.29. The molecule has 0 aromatic heterocycles. The highest BCUT2D eigenvalue weighted by molar-refractivity contribution is 9.10. The monoisotopic (exact) mass is 472 g/mol. The summed E-state index contributed by atoms with van der Waals surface area (Å²) in [7, 11) is 0. The number of carbonyl (C=O) groups excluding carboxylic acids is 2. The van der Waals surface area contributed by atoms with Crippen LogP contribution in [0.4, 0.5) is 5.69 Å². The van der Waals surface area contributed by atoms with E-state index in [2.05, 4.69) is 35.1 Å². The average Bonchev–Trinajstić information content (AvgIpc) is 3.02. The summed E-state index contributed by atoms with van der Waals surface area (Å²) in [5.41, 5.74) is 2.25. The Balaban J connectivity index is 1.61. The van der Waals surface area contributed by atoms with Crippen molar-refractivity contribution in [3.8, 4) is 5.75 Å². The molecule has 0 aliphatic carbocycles. The Morgan fingerprint density at radius 2 is 1.80 bits per heavy atom. The molecular formula is C24H29BrN2O3. The van der Waals surface area contributed by atoms with Crippen LogP contribution in [0.1, 0.15) is 61.4 Å². The average molecular weight is 473 g/mol. The summed E-state index contributed by atoms with van der Waals surface area (Å²) in [5.74, 6) is 0.753. The summed E-state index contributed by atoms with van der Waals surface area (Å²) in [6.45, 7) is 5.68. The van der Waals surface area contributed by atoms with E-state index in [9.17, 15) is 9.59 Å². The summed E-state index contributed by atoms with van der Waals surface area (Å²) in [4.78, 5) is 27.2. The predicted octanol–water partition coefficient (Wildman–Crippen LogP) is 5.61. The Bertz CT molecular complexity index is 890. The number of hydrogen-bond donors (Lipinski definition) is 1. The van der Waals surface area contributed by atoms with Gasteiger partial charge in [0.05, 0.1) is 0 Å². The van der Waals surface area contributed by atoms with Gasteiger partial charge in [0.1, 0.15) is 5.75 Å². The number of nitrogens with one attached hydrogen (secondary N) is 1. The van der Waals surface area contributed by atoms with Crippen LogP contribution in [-0.2, 0) is 4.79 Å². The second-order valence-electron chi connectivity index (χ2n) is 7.96. The molecule has 1 N–H and O–H groups in total. The van der Waals surface area contributed by atoms with Crippen molar-refractivity contribution in [2.45, 2.75) is 45.4 Å². The number of anilines is 1. The first-order valence-electron chi connectivity index (χ1n) is 10.6. The summed E-state index contributed by atoms with van der Waals surface area (Å²) >= 11 is 3.47. The Labute approximate surface area is 186 Å². The largest absolute Gasteiger partial charge is 0.483 e. The number of rotatable bonds is 6. The van der Waals surface area contributed by atoms with Crippen molar-refractivity contribution < 1.29 is 14.3 Å². The highest BCUT2D eigenvalue weighted by atomic mass is 79.9. The Morgan fingerprint density at radius 1 is 1.07 bits per heavy atom. The molecule has 2 amide bonds. The molecule has 3 rings (SSSR count). The quantitative estimate of drug-likeness (QED) is 0.594. The lowest BCUT2D eigenvalue weighted by molar-refractivity contribution is -0.118. The van der Waals surface area contributed by atoms with E-state index in [1.807, 2.05) is 23.1 Å². The van der Waals surface area contributed by atoms with Crippen LogP contribution in [0.15, 0.2) is 46.9 Å². The van der Waals surface area contributed by atoms with E-state index in [0.29, 0.717) is 17.0 Å². The number of nitrogens with zero attached hydrogens (tertiary/aromatic N) is 1. The van der Waals surface area contributed by atoms with Gasteiger partial charge in [-0.15, -0.1) is 0 Å². The zero-order chi connectivity index (χ0) is 21.5. The summed E-state index contributed by atoms with van der Waals surface area (Å²) in [6, 6.07) is 12.9. The Morgan fingerprint density at radius 3 is 2.50 bits per heavy atom. The molecule has 1 fully saturated rings. The van der Waals surface area contributed by atoms with E-state index < -0.39 is 0 Å². The minimum Gasteiger partial charge on any atom is -0.483 e. The Kier molecular flexibility index (Phi) is 7.91. The standard InChI is InChI=1S/C24H29BrN2O3/c1-17(2)21-15-19(25)10-11-22(21)30-16-23(28)26-20-9-7-8-18(14-20)24(29)27-12-5-3-4-6-13-27/h7-11,14-15,17H,3-6,12-13,16H2,1-2H3,(H,26,28). The molecule has 30 heavy (non-hydrogen) atoms. The van der Waals surface area contributed by atoms with Gasteiger partial charge in [-0.05, 0) is 60.7 Å². The van der Waals surface area contributed by atoms with Crippen molar-refractivity contribution in [3.05, 3.63) is 58.1 Å². The van der Waals surface area contributed by atoms with Crippen LogP contribution in [-0.4, -0.2) is 36.4 Å². The van der Waals surface area contributed by atoms with Crippen LogP contribution in [0.2, 0.25) is 0 Å². The third kappa shape index (κ3) is 6.08. The molecule has 0 saturated carbocycles. The fourth-order valence-corrected chi connectivity index (χ4v) is 4.01. The van der Waals surface area contributed by atoms with Crippen LogP contribution < -0.4 is 10.1 Å². The van der Waals surface area contributed by atoms with Crippen LogP contribution in [0.25, 0.3) is 0 Å². The van der Waals surface area contributed by atoms with E-state index in [1.165, 1.54) is 12.8 Å². The Hall–Kier alpha value is -2.34. The highest BCUT2D eigenvalue weighted by Gasteiger charge is 2.18. The second-order valence-corrected chi connectivity index (χ2v) is 8.88. The van der Waals surface area contributed by atoms with Gasteiger partial charge in [0.2, 0.25) is 0 Å². The number of ether oxygens (including phenoxy) is 1. The maximum Gasteiger partial charge on any atom is 0.262 e. The van der Waals surface area contributed by atoms with Gasteiger partial charge in [0, 0.05) is 28.8 Å². The number of likely N-dealkylation sites (tertiary alicyclic amines) is 1. The third-order valence-corrected chi connectivity index (χ3v) is 5.73. The van der Waals surface area contributed by atoms with Gasteiger partial charge >= 0.3 is 0 Å². The van der Waals surface area contributed by atoms with Crippen LogP contribution in [0.5, 0.6) is 5.75 Å². The van der Waals surface area contributed by atoms with Gasteiger partial charge in [-0.2, -0.15) is 0 Å². The molecule has 0 atom stereocenters. The first-order chi connectivity index (χ1) is 14.4. The first kappa shape index (κ1) is 22.3. The summed E-state index contributed by atoms with van der Waals surface area (Å²) in [5, 5.41) is 2.84. The minimum absolute atomic E-state index is 0.0284. The molecular weight excluding hydrogens is 444 g/mol. The molecule has 5 nitrogen and oxygen atoms in total. The number of benzene rings is 2. The maximum atomic E-state index is 12.8. The molecule has 0 spiro atoms. The number of carbonyl (C=O) groups is 2. The van der Waals surface area contributed by atoms with Crippen molar-refractivity contribution in [3.63, 3.8) is 0 Å². The van der Waals surface area contributed by atoms with Crippen molar-refractivity contribution in [1.82, 2.24) is 4.90 Å². The fraction of sp³-hybridized carbons (Fsp3) is 0.417. The van der Waals surface area contributed by atoms with Crippen LogP contribution >= 0.6 is 15.9 Å². The van der Waals surface area contributed by atoms with E-state index in [0.717, 1.165) is 36.0 Å². The SMILES string of the molecule is CC(C)c1cc(Br)ccc1OCC(=O)Nc1cccc(C(=O)N2CCCCCC2)c1. The number of hydrogen-bond acceptors (Lipinski definition) is 3. The van der Waals surface area contributed by atoms with E-state index in [1.54, 1.807) is 24.3 Å². The minimum atomic E-state index is -0.257. The molecule has 160 valence electrons. The summed E-state index contributed by atoms with van der Waals surface area (Å²) < 4.78 is 6.75. The third-order valence-electron chi connectivity index (χ3n) is 5.24. The first-order valence-corrected chi connectivity index (χ1v) is 11.3. The van der Waals surface area contributed by atoms with Crippen molar-refractivity contribution in [1.29, 1.82) is 0 Å². The van der Waals surface area contributed by atoms with E-state index in [-0.39, 0.29) is 24.3 Å². The lowest BCUT2D eigenvalue weighted by atomic mass is 10.0. The zero-order valence-corrected chi connectivity index (χ0v) is 19.2. The molecule has 0 radical (unpaired) electrons. The summed E-state index contributed by atoms with van der Waals surface area (Å²) in [6.07, 6.45) is 4.45. The van der Waals surface area contributed by atoms with Crippen molar-refractivity contribution >= 4 is 33.4 Å². The smallest absolute Gasteiger partial charge is 0.262 e. The predicted molar refractivity (Wildman–Crippen MR) is 123 cm³/mol. The van der Waals surface area contributed by atoms with E-state index >= 15 is 0 Å². The lowest BCUT2D eigenvalue weighted by Gasteiger charge is -2.20. The lowest BCUT2D eigenvalue weighted by Crippen LogP contribution is -2.31. The van der Waals surface area contributed by atoms with Crippen molar-refractivity contribution in [2.24, 2.45) is 0 Å². The fourth-order valence-electron chi connectivity index (χ4n) is 3.63. The van der Waals surface area contributed by atoms with Gasteiger partial charge in [-0.3, -0.25) is 9.59 Å². The zero-order valence-electron chi connectivity index (χ0n) is 17.6. The van der Waals surface area contributed by atoms with Gasteiger partial charge < -0.3 is 15.0 Å². The molecule has 2 aromatic rings. The van der Waals surface area contributed by atoms with Gasteiger partial charge in [-0.25, -0.2) is 0 Å². The second kappa shape index (κ2) is 10.6. The van der Waals surface area contributed by atoms with Crippen molar-refractivity contribution in [2.75, 3.05) is 25.0 Å². The maximum absolute atomic E-state index is 12.8. The topological polar surface area (TPSA) is 58.6 Å². The molecule has 0 bridgehead atoms. The molecule has 0 unspecified atom stereocenters. The van der Waals surface area contributed by atoms with Crippen LogP contribution in [0.3, 0.4) is 0 Å². The molecule has 1 heterocycles. The van der Waals surface area contributed by atoms with Gasteiger partial charge in [-0.1, -0.05) is 48.7 Å². The molecule has 1 aliphatic rings. The number of halogens is 1. The molecule has 1 aliphatic heterocycles. The molecule has 6 heteroatoms. The van der Waals surface area contributed by atoms with E-state index in [4.69, 9.17) is 4.74 Å². The number of amides is 2. The normalized spacial score (nSPS) is 14.3. The van der Waals surface area contributed by atoms with Gasteiger partial charge in [0.15, 0.2) is 6.61 Å².